The van der Waals surface area contributed by atoms with E-state index in [1.54, 1.807) is 65.5 Å². The molecule has 25 heteroatoms. The number of ether oxygens (including phenoxy) is 6. The first-order valence-corrected chi connectivity index (χ1v) is 30.2. The number of likely N-dealkylation sites (tertiary alicyclic amines) is 1. The van der Waals surface area contributed by atoms with Crippen molar-refractivity contribution in [1.82, 2.24) is 24.8 Å². The highest BCUT2D eigenvalue weighted by Crippen LogP contribution is 2.41. The maximum Gasteiger partial charge on any atom is 0.406 e. The van der Waals surface area contributed by atoms with Crippen LogP contribution in [-0.4, -0.2) is 176 Å². The van der Waals surface area contributed by atoms with Crippen molar-refractivity contribution in [3.05, 3.63) is 78.1 Å². The number of aromatic nitrogens is 3. The van der Waals surface area contributed by atoms with Crippen LogP contribution in [0.1, 0.15) is 74.3 Å². The summed E-state index contributed by atoms with van der Waals surface area (Å²) in [5, 5.41) is 13.2. The number of benzene rings is 3. The van der Waals surface area contributed by atoms with Crippen LogP contribution in [0.3, 0.4) is 0 Å². The first-order chi connectivity index (χ1) is 40.5. The van der Waals surface area contributed by atoms with Crippen LogP contribution in [0.15, 0.2) is 71.8 Å². The van der Waals surface area contributed by atoms with Crippen LogP contribution in [0.2, 0.25) is 0 Å². The van der Waals surface area contributed by atoms with E-state index in [1.165, 1.54) is 26.4 Å². The quantitative estimate of drug-likeness (QED) is 0.0282. The Bertz CT molecular complexity index is 3250. The van der Waals surface area contributed by atoms with E-state index in [0.29, 0.717) is 123 Å². The van der Waals surface area contributed by atoms with Crippen LogP contribution < -0.4 is 40.5 Å². The van der Waals surface area contributed by atoms with Gasteiger partial charge in [0.1, 0.15) is 29.8 Å². The number of likely N-dealkylation sites (N-methyl/N-ethyl adjacent to an activating group) is 1. The zero-order valence-corrected chi connectivity index (χ0v) is 49.0. The summed E-state index contributed by atoms with van der Waals surface area (Å²) in [6, 6.07) is 16.2. The van der Waals surface area contributed by atoms with Gasteiger partial charge in [-0.15, -0.1) is 0 Å². The van der Waals surface area contributed by atoms with Crippen molar-refractivity contribution in [2.75, 3.05) is 132 Å². The summed E-state index contributed by atoms with van der Waals surface area (Å²) < 4.78 is 100. The Morgan fingerprint density at radius 2 is 1.49 bits per heavy atom. The molecule has 1 saturated heterocycles. The van der Waals surface area contributed by atoms with Crippen molar-refractivity contribution in [1.29, 1.82) is 0 Å². The van der Waals surface area contributed by atoms with Crippen molar-refractivity contribution >= 4 is 73.0 Å². The Morgan fingerprint density at radius 1 is 0.821 bits per heavy atom. The normalized spacial score (nSPS) is 15.9. The lowest BCUT2D eigenvalue weighted by molar-refractivity contribution is -0.140. The highest BCUT2D eigenvalue weighted by Gasteiger charge is 2.41. The van der Waals surface area contributed by atoms with Crippen LogP contribution in [0, 0.1) is 11.8 Å². The number of alkyl halides is 3. The molecule has 3 aromatic carbocycles. The third-order valence-corrected chi connectivity index (χ3v) is 16.0. The summed E-state index contributed by atoms with van der Waals surface area (Å²) in [4.78, 5) is 54.5. The smallest absolute Gasteiger partial charge is 0.406 e. The molecule has 8 rings (SSSR count). The van der Waals surface area contributed by atoms with E-state index in [1.807, 2.05) is 13.0 Å². The SMILES string of the molecule is CCC1C(=O)N(C)c2cnc(Nc3ccc(C(=O)NCCOCCOCCOCCOCCC(=O)N4CCC(Nc5cccc6c5cc(C#CCNc5ccc(S(C)(=O)=O)cc5OC)n6CC(F)(F)F)CC4)cc3OC)nc2N1C1CCCC1. The average Bonchev–Trinajstić information content (AvgIpc) is 3.64. The number of nitrogens with zero attached hydrogens (tertiary/aromatic N) is 6. The van der Waals surface area contributed by atoms with Gasteiger partial charge in [-0.1, -0.05) is 31.8 Å². The Labute approximate surface area is 488 Å². The highest BCUT2D eigenvalue weighted by molar-refractivity contribution is 7.90. The Morgan fingerprint density at radius 3 is 2.15 bits per heavy atom. The lowest BCUT2D eigenvalue weighted by atomic mass is 10.0. The number of carbonyl (C=O) groups excluding carboxylic acids is 3. The van der Waals surface area contributed by atoms with Crippen LogP contribution in [0.25, 0.3) is 10.9 Å². The fourth-order valence-electron chi connectivity index (χ4n) is 10.6. The van der Waals surface area contributed by atoms with Crippen molar-refractivity contribution in [3.8, 4) is 23.3 Å². The maximum atomic E-state index is 13.9. The number of anilines is 6. The largest absolute Gasteiger partial charge is 0.495 e. The second-order valence-electron chi connectivity index (χ2n) is 20.6. The summed E-state index contributed by atoms with van der Waals surface area (Å²) in [7, 11) is 1.23. The zero-order chi connectivity index (χ0) is 59.8. The van der Waals surface area contributed by atoms with Crippen LogP contribution in [0.5, 0.6) is 11.5 Å². The summed E-state index contributed by atoms with van der Waals surface area (Å²) >= 11 is 0. The monoisotopic (exact) mass is 1190 g/mol. The van der Waals surface area contributed by atoms with Gasteiger partial charge in [-0.05, 0) is 86.6 Å². The lowest BCUT2D eigenvalue weighted by Gasteiger charge is -2.43. The summed E-state index contributed by atoms with van der Waals surface area (Å²) in [6.07, 6.45) is 4.71. The molecule has 454 valence electrons. The predicted molar refractivity (Wildman–Crippen MR) is 313 cm³/mol. The molecule has 1 atom stereocenters. The number of nitrogens with one attached hydrogen (secondary N) is 4. The average molecular weight is 1190 g/mol. The molecular formula is C59H75F3N10O11S. The molecule has 2 aromatic heterocycles. The van der Waals surface area contributed by atoms with Gasteiger partial charge in [0, 0.05) is 67.7 Å². The van der Waals surface area contributed by atoms with Crippen LogP contribution in [-0.2, 0) is 44.9 Å². The molecule has 5 aromatic rings. The second-order valence-corrected chi connectivity index (χ2v) is 22.6. The number of halogens is 3. The van der Waals surface area contributed by atoms with Crippen molar-refractivity contribution in [2.45, 2.75) is 94.0 Å². The number of rotatable bonds is 28. The molecule has 1 aliphatic carbocycles. The Kier molecular flexibility index (Phi) is 22.0. The molecule has 3 aliphatic rings. The number of methoxy groups -OCH3 is 2. The number of hydrogen-bond acceptors (Lipinski definition) is 17. The van der Waals surface area contributed by atoms with Gasteiger partial charge >= 0.3 is 6.18 Å². The third-order valence-electron chi connectivity index (χ3n) is 14.9. The minimum atomic E-state index is -4.50. The van der Waals surface area contributed by atoms with E-state index in [0.717, 1.165) is 42.3 Å². The molecule has 1 unspecified atom stereocenters. The van der Waals surface area contributed by atoms with Gasteiger partial charge in [0.15, 0.2) is 15.7 Å². The highest BCUT2D eigenvalue weighted by atomic mass is 32.2. The molecule has 2 aliphatic heterocycles. The lowest BCUT2D eigenvalue weighted by Crippen LogP contribution is -2.55. The number of sulfone groups is 1. The van der Waals surface area contributed by atoms with Crippen LogP contribution in [0.4, 0.5) is 47.7 Å². The minimum Gasteiger partial charge on any atom is -0.495 e. The number of fused-ring (bicyclic) bond motifs is 2. The standard InChI is InChI=1S/C59H75F3N10O11S/c1-6-49-57(75)69(2)51-38-65-58(68-55(51)72(49)42-11-7-8-12-42)67-48-18-16-40(35-52(48)78-3)56(74)64-24-28-81-30-32-83-34-33-82-31-29-80-27-22-54(73)70-25-20-41(21-26-70)66-46-14-9-15-50-45(46)36-43(71(50)39-59(60,61)62)13-10-23-63-47-19-17-44(84(5,76)77)37-53(47)79-4/h9,14-19,35-38,41-42,49,63,66H,6-8,11-12,20-34,39H2,1-5H3,(H,64,74)(H,65,67,68). The van der Waals surface area contributed by atoms with E-state index in [4.69, 9.17) is 33.4 Å². The van der Waals surface area contributed by atoms with E-state index >= 15 is 0 Å². The second kappa shape index (κ2) is 29.4. The molecule has 2 fully saturated rings. The van der Waals surface area contributed by atoms with Gasteiger partial charge < -0.3 is 69.0 Å². The van der Waals surface area contributed by atoms with Crippen molar-refractivity contribution < 1.29 is 64.4 Å². The zero-order valence-electron chi connectivity index (χ0n) is 48.1. The van der Waals surface area contributed by atoms with Gasteiger partial charge in [-0.3, -0.25) is 14.4 Å². The molecule has 0 radical (unpaired) electrons. The summed E-state index contributed by atoms with van der Waals surface area (Å²) in [5.41, 5.74) is 3.36. The third kappa shape index (κ3) is 16.5. The molecule has 0 bridgehead atoms. The van der Waals surface area contributed by atoms with Crippen molar-refractivity contribution in [2.24, 2.45) is 0 Å². The Hall–Kier alpha value is -7.37. The fraction of sp³-hybridized carbons (Fsp3) is 0.508. The Balaban J connectivity index is 0.667. The minimum absolute atomic E-state index is 0.0178. The van der Waals surface area contributed by atoms with Crippen LogP contribution >= 0.6 is 0 Å². The van der Waals surface area contributed by atoms with Gasteiger partial charge in [0.2, 0.25) is 17.8 Å². The van der Waals surface area contributed by atoms with Crippen molar-refractivity contribution in [3.63, 3.8) is 0 Å². The molecular weight excluding hydrogens is 1110 g/mol. The molecule has 84 heavy (non-hydrogen) atoms. The molecule has 21 nitrogen and oxygen atoms in total. The first kappa shape index (κ1) is 62.7. The van der Waals surface area contributed by atoms with E-state index < -0.39 is 22.6 Å². The van der Waals surface area contributed by atoms with Gasteiger partial charge in [0.05, 0.1) is 114 Å². The van der Waals surface area contributed by atoms with E-state index in [-0.39, 0.29) is 84.9 Å². The summed E-state index contributed by atoms with van der Waals surface area (Å²) in [6.45, 7) is 4.70. The van der Waals surface area contributed by atoms with Gasteiger partial charge in [-0.2, -0.15) is 18.2 Å². The molecule has 4 N–H and O–H groups in total. The maximum absolute atomic E-state index is 13.9. The molecule has 3 amide bonds. The number of piperidine rings is 1. The predicted octanol–water partition coefficient (Wildman–Crippen LogP) is 7.41. The summed E-state index contributed by atoms with van der Waals surface area (Å²) in [5.74, 6) is 7.31. The molecule has 0 spiro atoms. The van der Waals surface area contributed by atoms with E-state index in [2.05, 4.69) is 43.0 Å². The number of amides is 3. The van der Waals surface area contributed by atoms with Gasteiger partial charge in [0.25, 0.3) is 5.91 Å². The molecule has 4 heterocycles. The topological polar surface area (TPSA) is 229 Å². The molecule has 1 saturated carbocycles. The fourth-order valence-corrected chi connectivity index (χ4v) is 11.2. The van der Waals surface area contributed by atoms with E-state index in [9.17, 15) is 36.0 Å². The number of carbonyl (C=O) groups is 3. The van der Waals surface area contributed by atoms with Gasteiger partial charge in [-0.25, -0.2) is 13.4 Å². The number of hydrogen-bond donors (Lipinski definition) is 4. The first-order valence-electron chi connectivity index (χ1n) is 28.3.